The summed E-state index contributed by atoms with van der Waals surface area (Å²) in [5.41, 5.74) is 0.525. The van der Waals surface area contributed by atoms with Gasteiger partial charge in [-0.2, -0.15) is 0 Å². The summed E-state index contributed by atoms with van der Waals surface area (Å²) in [7, 11) is 2.05. The highest BCUT2D eigenvalue weighted by molar-refractivity contribution is 14.0. The first-order valence-electron chi connectivity index (χ1n) is 9.74. The molecule has 0 radical (unpaired) electrons. The summed E-state index contributed by atoms with van der Waals surface area (Å²) in [5.74, 6) is 1.58. The monoisotopic (exact) mass is 504 g/mol. The van der Waals surface area contributed by atoms with Crippen LogP contribution in [0.3, 0.4) is 0 Å². The van der Waals surface area contributed by atoms with Crippen LogP contribution in [-0.2, 0) is 4.74 Å². The van der Waals surface area contributed by atoms with Crippen LogP contribution in [0.5, 0.6) is 5.75 Å². The largest absolute Gasteiger partial charge is 0.508 e. The highest BCUT2D eigenvalue weighted by Gasteiger charge is 2.15. The van der Waals surface area contributed by atoms with Crippen molar-refractivity contribution in [3.8, 4) is 5.75 Å². The number of amides is 1. The number of hydrogen-bond acceptors (Lipinski definition) is 4. The lowest BCUT2D eigenvalue weighted by atomic mass is 9.96. The maximum atomic E-state index is 12.1. The molecule has 1 heterocycles. The number of aromatic hydroxyl groups is 1. The van der Waals surface area contributed by atoms with E-state index in [1.807, 2.05) is 0 Å². The number of aliphatic imine (C=N–C) groups is 1. The zero-order valence-corrected chi connectivity index (χ0v) is 19.1. The third-order valence-electron chi connectivity index (χ3n) is 4.70. The van der Waals surface area contributed by atoms with Crippen molar-refractivity contribution in [1.29, 1.82) is 0 Å². The Bertz CT molecular complexity index is 604. The minimum Gasteiger partial charge on any atom is -0.508 e. The number of guanidine groups is 1. The number of rotatable bonds is 8. The van der Waals surface area contributed by atoms with E-state index in [4.69, 9.17) is 4.74 Å². The number of phenols is 1. The lowest BCUT2D eigenvalue weighted by Gasteiger charge is -2.26. The molecule has 0 aliphatic carbocycles. The highest BCUT2D eigenvalue weighted by Crippen LogP contribution is 2.18. The number of nitrogens with one attached hydrogen (secondary N) is 2. The topological polar surface area (TPSA) is 86.2 Å². The van der Waals surface area contributed by atoms with Crippen LogP contribution in [0, 0.1) is 5.92 Å². The Morgan fingerprint density at radius 1 is 1.25 bits per heavy atom. The second-order valence-corrected chi connectivity index (χ2v) is 6.80. The average molecular weight is 504 g/mol. The fourth-order valence-corrected chi connectivity index (χ4v) is 3.03. The summed E-state index contributed by atoms with van der Waals surface area (Å²) >= 11 is 0. The fourth-order valence-electron chi connectivity index (χ4n) is 3.03. The van der Waals surface area contributed by atoms with Crippen molar-refractivity contribution in [2.75, 3.05) is 46.4 Å². The first kappa shape index (κ1) is 24.5. The molecule has 1 aliphatic rings. The molecular weight excluding hydrogens is 471 g/mol. The third kappa shape index (κ3) is 8.64. The number of hydrogen-bond donors (Lipinski definition) is 3. The Balaban J connectivity index is 0.00000392. The van der Waals surface area contributed by atoms with Crippen molar-refractivity contribution in [3.05, 3.63) is 29.8 Å². The Morgan fingerprint density at radius 2 is 1.93 bits per heavy atom. The first-order valence-corrected chi connectivity index (χ1v) is 9.74. The van der Waals surface area contributed by atoms with E-state index in [0.717, 1.165) is 57.4 Å². The normalized spacial score (nSPS) is 14.9. The van der Waals surface area contributed by atoms with Gasteiger partial charge in [0.15, 0.2) is 5.96 Å². The quantitative estimate of drug-likeness (QED) is 0.219. The molecular formula is C20H33IN4O3. The summed E-state index contributed by atoms with van der Waals surface area (Å²) in [6, 6.07) is 6.21. The Labute approximate surface area is 185 Å². The van der Waals surface area contributed by atoms with E-state index in [-0.39, 0.29) is 35.6 Å². The molecule has 8 heteroatoms. The van der Waals surface area contributed by atoms with E-state index in [0.29, 0.717) is 18.7 Å². The zero-order valence-electron chi connectivity index (χ0n) is 16.8. The van der Waals surface area contributed by atoms with E-state index >= 15 is 0 Å². The summed E-state index contributed by atoms with van der Waals surface area (Å²) < 4.78 is 5.42. The molecule has 3 N–H and O–H groups in total. The molecule has 0 unspecified atom stereocenters. The van der Waals surface area contributed by atoms with Crippen LogP contribution in [-0.4, -0.2) is 68.3 Å². The van der Waals surface area contributed by atoms with Gasteiger partial charge in [-0.1, -0.05) is 0 Å². The van der Waals surface area contributed by atoms with Gasteiger partial charge in [0.2, 0.25) is 0 Å². The Morgan fingerprint density at radius 3 is 2.57 bits per heavy atom. The lowest BCUT2D eigenvalue weighted by molar-refractivity contribution is 0.0625. The molecule has 1 fully saturated rings. The minimum absolute atomic E-state index is 0. The van der Waals surface area contributed by atoms with Crippen molar-refractivity contribution in [2.24, 2.45) is 10.9 Å². The van der Waals surface area contributed by atoms with Gasteiger partial charge in [-0.25, -0.2) is 0 Å². The molecule has 1 aromatic rings. The fraction of sp³-hybridized carbons (Fsp3) is 0.600. The van der Waals surface area contributed by atoms with Gasteiger partial charge in [0.05, 0.1) is 6.54 Å². The third-order valence-corrected chi connectivity index (χ3v) is 4.70. The van der Waals surface area contributed by atoms with Crippen LogP contribution in [0.25, 0.3) is 0 Å². The Kier molecular flexibility index (Phi) is 11.9. The molecule has 1 amide bonds. The van der Waals surface area contributed by atoms with Gasteiger partial charge in [0.25, 0.3) is 5.91 Å². The predicted molar refractivity (Wildman–Crippen MR) is 123 cm³/mol. The van der Waals surface area contributed by atoms with Gasteiger partial charge in [-0.3, -0.25) is 9.79 Å². The molecule has 158 valence electrons. The van der Waals surface area contributed by atoms with Crippen LogP contribution in [0.1, 0.15) is 36.5 Å². The molecule has 1 saturated heterocycles. The van der Waals surface area contributed by atoms with Crippen molar-refractivity contribution in [1.82, 2.24) is 15.5 Å². The van der Waals surface area contributed by atoms with Gasteiger partial charge in [-0.05, 0) is 56.4 Å². The van der Waals surface area contributed by atoms with Crippen LogP contribution in [0.4, 0.5) is 0 Å². The standard InChI is InChI=1S/C20H32N4O3.HI/c1-3-21-20(24(2)13-8-16-9-14-27-15-10-16)23-12-11-22-19(26)17-4-6-18(25)7-5-17;/h4-7,16,25H,3,8-15H2,1-2H3,(H,21,23)(H,22,26);1H. The molecule has 28 heavy (non-hydrogen) atoms. The van der Waals surface area contributed by atoms with E-state index in [1.165, 1.54) is 12.1 Å². The average Bonchev–Trinajstić information content (AvgIpc) is 2.69. The van der Waals surface area contributed by atoms with Gasteiger partial charge in [0.1, 0.15) is 5.75 Å². The lowest BCUT2D eigenvalue weighted by Crippen LogP contribution is -2.40. The van der Waals surface area contributed by atoms with E-state index in [1.54, 1.807) is 12.1 Å². The maximum absolute atomic E-state index is 12.1. The molecule has 1 aliphatic heterocycles. The van der Waals surface area contributed by atoms with E-state index in [2.05, 4.69) is 34.5 Å². The van der Waals surface area contributed by atoms with Crippen LogP contribution in [0.2, 0.25) is 0 Å². The summed E-state index contributed by atoms with van der Waals surface area (Å²) in [6.45, 7) is 6.54. The van der Waals surface area contributed by atoms with Crippen molar-refractivity contribution in [2.45, 2.75) is 26.2 Å². The second-order valence-electron chi connectivity index (χ2n) is 6.80. The Hall–Kier alpha value is -1.55. The molecule has 0 aromatic heterocycles. The highest BCUT2D eigenvalue weighted by atomic mass is 127. The second kappa shape index (κ2) is 13.6. The number of halogens is 1. The van der Waals surface area contributed by atoms with Gasteiger partial charge >= 0.3 is 0 Å². The van der Waals surface area contributed by atoms with E-state index < -0.39 is 0 Å². The number of ether oxygens (including phenoxy) is 1. The van der Waals surface area contributed by atoms with Crippen LogP contribution >= 0.6 is 24.0 Å². The maximum Gasteiger partial charge on any atom is 0.251 e. The number of benzene rings is 1. The molecule has 0 saturated carbocycles. The molecule has 0 spiro atoms. The molecule has 1 aromatic carbocycles. The van der Waals surface area contributed by atoms with Gasteiger partial charge in [-0.15, -0.1) is 24.0 Å². The SMILES string of the molecule is CCNC(=NCCNC(=O)c1ccc(O)cc1)N(C)CCC1CCOCC1.I. The van der Waals surface area contributed by atoms with Gasteiger partial charge in [0, 0.05) is 45.5 Å². The number of carbonyl (C=O) groups excluding carboxylic acids is 1. The smallest absolute Gasteiger partial charge is 0.251 e. The molecule has 0 bridgehead atoms. The zero-order chi connectivity index (χ0) is 19.5. The first-order chi connectivity index (χ1) is 13.1. The predicted octanol–water partition coefficient (Wildman–Crippen LogP) is 2.45. The summed E-state index contributed by atoms with van der Waals surface area (Å²) in [6.07, 6.45) is 3.43. The van der Waals surface area contributed by atoms with Crippen molar-refractivity contribution in [3.63, 3.8) is 0 Å². The molecule has 2 rings (SSSR count). The van der Waals surface area contributed by atoms with Crippen LogP contribution in [0.15, 0.2) is 29.3 Å². The van der Waals surface area contributed by atoms with Crippen molar-refractivity contribution >= 4 is 35.8 Å². The van der Waals surface area contributed by atoms with Gasteiger partial charge < -0.3 is 25.4 Å². The van der Waals surface area contributed by atoms with Crippen molar-refractivity contribution < 1.29 is 14.6 Å². The number of nitrogens with zero attached hydrogens (tertiary/aromatic N) is 2. The summed E-state index contributed by atoms with van der Waals surface area (Å²) in [5, 5.41) is 15.4. The van der Waals surface area contributed by atoms with E-state index in [9.17, 15) is 9.90 Å². The van der Waals surface area contributed by atoms with Crippen LogP contribution < -0.4 is 10.6 Å². The number of phenolic OH excluding ortho intramolecular Hbond substituents is 1. The molecule has 7 nitrogen and oxygen atoms in total. The number of carbonyl (C=O) groups is 1. The molecule has 0 atom stereocenters. The summed E-state index contributed by atoms with van der Waals surface area (Å²) in [4.78, 5) is 18.8. The minimum atomic E-state index is -0.164.